The Kier molecular flexibility index (Phi) is 5.32. The molecule has 0 fully saturated rings. The number of nitrogens with one attached hydrogen (secondary N) is 1. The quantitative estimate of drug-likeness (QED) is 0.703. The van der Waals surface area contributed by atoms with Crippen molar-refractivity contribution in [2.75, 3.05) is 18.5 Å². The molecule has 136 valence electrons. The van der Waals surface area contributed by atoms with E-state index in [1.807, 2.05) is 31.0 Å². The number of carbonyl (C=O) groups excluding carboxylic acids is 1. The molecule has 1 N–H and O–H groups in total. The molecule has 6 nitrogen and oxygen atoms in total. The second-order valence-electron chi connectivity index (χ2n) is 5.82. The lowest BCUT2D eigenvalue weighted by atomic mass is 10.3. The molecule has 3 aromatic rings. The van der Waals surface area contributed by atoms with Crippen LogP contribution in [-0.4, -0.2) is 30.6 Å². The molecule has 0 radical (unpaired) electrons. The van der Waals surface area contributed by atoms with Crippen LogP contribution >= 0.6 is 11.6 Å². The number of ether oxygens (including phenoxy) is 1. The van der Waals surface area contributed by atoms with Gasteiger partial charge in [0.15, 0.2) is 11.7 Å². The molecule has 1 aromatic heterocycles. The molecule has 0 spiro atoms. The number of likely N-dealkylation sites (N-methyl/N-ethyl adjacent to an activating group) is 1. The maximum Gasteiger partial charge on any atom is 0.302 e. The van der Waals surface area contributed by atoms with Crippen LogP contribution < -0.4 is 15.0 Å². The average molecular weight is 374 g/mol. The maximum absolute atomic E-state index is 11.7. The molecule has 0 bridgehead atoms. The number of anilines is 2. The van der Waals surface area contributed by atoms with Crippen molar-refractivity contribution in [3.8, 4) is 5.75 Å². The zero-order chi connectivity index (χ0) is 18.7. The van der Waals surface area contributed by atoms with Crippen molar-refractivity contribution in [3.63, 3.8) is 0 Å². The van der Waals surface area contributed by atoms with Gasteiger partial charge >= 0.3 is 6.01 Å². The van der Waals surface area contributed by atoms with Gasteiger partial charge in [0.2, 0.25) is 0 Å². The predicted octanol–water partition coefficient (Wildman–Crippen LogP) is 4.15. The number of halogens is 1. The highest BCUT2D eigenvalue weighted by molar-refractivity contribution is 6.31. The standard InChI is InChI=1S/C19H20ClN3O3/c1-4-21-18(24)12(2)25-15-8-6-14(7-9-15)23(3)19-22-16-11-13(20)5-10-17(16)26-19/h5-12H,4H2,1-3H3,(H,21,24). The molecular formula is C19H20ClN3O3. The Morgan fingerprint density at radius 1 is 1.31 bits per heavy atom. The summed E-state index contributed by atoms with van der Waals surface area (Å²) in [6.45, 7) is 4.16. The molecular weight excluding hydrogens is 354 g/mol. The van der Waals surface area contributed by atoms with Crippen LogP contribution in [-0.2, 0) is 4.79 Å². The summed E-state index contributed by atoms with van der Waals surface area (Å²) < 4.78 is 11.4. The zero-order valence-electron chi connectivity index (χ0n) is 14.8. The van der Waals surface area contributed by atoms with Gasteiger partial charge in [-0.15, -0.1) is 0 Å². The van der Waals surface area contributed by atoms with Crippen molar-refractivity contribution < 1.29 is 13.9 Å². The molecule has 0 saturated heterocycles. The topological polar surface area (TPSA) is 67.6 Å². The zero-order valence-corrected chi connectivity index (χ0v) is 15.6. The molecule has 0 aliphatic carbocycles. The molecule has 0 aliphatic heterocycles. The van der Waals surface area contributed by atoms with E-state index >= 15 is 0 Å². The fourth-order valence-electron chi connectivity index (χ4n) is 2.47. The Labute approximate surface area is 156 Å². The highest BCUT2D eigenvalue weighted by Gasteiger charge is 2.15. The number of amides is 1. The molecule has 0 aliphatic rings. The first-order valence-electron chi connectivity index (χ1n) is 8.32. The molecule has 2 aromatic carbocycles. The first kappa shape index (κ1) is 18.1. The SMILES string of the molecule is CCNC(=O)C(C)Oc1ccc(N(C)c2nc3cc(Cl)ccc3o2)cc1. The third-order valence-corrected chi connectivity index (χ3v) is 4.12. The number of oxazole rings is 1. The van der Waals surface area contributed by atoms with Crippen LogP contribution in [0.15, 0.2) is 46.9 Å². The smallest absolute Gasteiger partial charge is 0.302 e. The Bertz CT molecular complexity index is 908. The van der Waals surface area contributed by atoms with E-state index in [0.717, 1.165) is 5.69 Å². The number of rotatable bonds is 6. The van der Waals surface area contributed by atoms with E-state index in [2.05, 4.69) is 10.3 Å². The fraction of sp³-hybridized carbons (Fsp3) is 0.263. The minimum atomic E-state index is -0.555. The summed E-state index contributed by atoms with van der Waals surface area (Å²) in [7, 11) is 1.86. The van der Waals surface area contributed by atoms with Gasteiger partial charge < -0.3 is 14.5 Å². The summed E-state index contributed by atoms with van der Waals surface area (Å²) in [5, 5.41) is 3.34. The van der Waals surface area contributed by atoms with Crippen LogP contribution in [0, 0.1) is 0 Å². The largest absolute Gasteiger partial charge is 0.481 e. The van der Waals surface area contributed by atoms with Gasteiger partial charge in [-0.2, -0.15) is 4.98 Å². The molecule has 1 unspecified atom stereocenters. The van der Waals surface area contributed by atoms with Gasteiger partial charge in [-0.05, 0) is 56.3 Å². The minimum absolute atomic E-state index is 0.140. The number of benzene rings is 2. The van der Waals surface area contributed by atoms with Gasteiger partial charge in [0.25, 0.3) is 5.91 Å². The molecule has 1 atom stereocenters. The minimum Gasteiger partial charge on any atom is -0.481 e. The van der Waals surface area contributed by atoms with Gasteiger partial charge in [-0.1, -0.05) is 11.6 Å². The van der Waals surface area contributed by atoms with Crippen LogP contribution in [0.25, 0.3) is 11.1 Å². The monoisotopic (exact) mass is 373 g/mol. The Morgan fingerprint density at radius 2 is 2.04 bits per heavy atom. The Hall–Kier alpha value is -2.73. The van der Waals surface area contributed by atoms with Crippen molar-refractivity contribution in [3.05, 3.63) is 47.5 Å². The number of carbonyl (C=O) groups is 1. The molecule has 7 heteroatoms. The Morgan fingerprint density at radius 3 is 2.73 bits per heavy atom. The molecule has 1 heterocycles. The van der Waals surface area contributed by atoms with E-state index in [-0.39, 0.29) is 5.91 Å². The van der Waals surface area contributed by atoms with Gasteiger partial charge in [-0.3, -0.25) is 9.69 Å². The van der Waals surface area contributed by atoms with Crippen LogP contribution in [0.2, 0.25) is 5.02 Å². The van der Waals surface area contributed by atoms with E-state index in [4.69, 9.17) is 20.8 Å². The second kappa shape index (κ2) is 7.66. The van der Waals surface area contributed by atoms with Crippen LogP contribution in [0.4, 0.5) is 11.7 Å². The van der Waals surface area contributed by atoms with Crippen LogP contribution in [0.5, 0.6) is 5.75 Å². The summed E-state index contributed by atoms with van der Waals surface area (Å²) >= 11 is 5.99. The van der Waals surface area contributed by atoms with E-state index in [1.165, 1.54) is 0 Å². The fourth-order valence-corrected chi connectivity index (χ4v) is 2.63. The Balaban J connectivity index is 1.73. The molecule has 0 saturated carbocycles. The number of fused-ring (bicyclic) bond motifs is 1. The van der Waals surface area contributed by atoms with Crippen molar-refractivity contribution in [2.45, 2.75) is 20.0 Å². The van der Waals surface area contributed by atoms with Crippen molar-refractivity contribution in [1.82, 2.24) is 10.3 Å². The summed E-state index contributed by atoms with van der Waals surface area (Å²) in [5.74, 6) is 0.476. The van der Waals surface area contributed by atoms with Crippen molar-refractivity contribution in [2.24, 2.45) is 0 Å². The summed E-state index contributed by atoms with van der Waals surface area (Å²) in [6, 6.07) is 13.2. The van der Waals surface area contributed by atoms with Crippen molar-refractivity contribution in [1.29, 1.82) is 0 Å². The lowest BCUT2D eigenvalue weighted by Crippen LogP contribution is -2.36. The van der Waals surface area contributed by atoms with E-state index in [1.54, 1.807) is 37.3 Å². The van der Waals surface area contributed by atoms with Crippen molar-refractivity contribution >= 4 is 40.3 Å². The molecule has 26 heavy (non-hydrogen) atoms. The van der Waals surface area contributed by atoms with Gasteiger partial charge in [0.1, 0.15) is 11.3 Å². The number of nitrogens with zero attached hydrogens (tertiary/aromatic N) is 2. The second-order valence-corrected chi connectivity index (χ2v) is 6.25. The number of aromatic nitrogens is 1. The predicted molar refractivity (Wildman–Crippen MR) is 102 cm³/mol. The molecule has 3 rings (SSSR count). The van der Waals surface area contributed by atoms with Gasteiger partial charge in [0, 0.05) is 24.3 Å². The van der Waals surface area contributed by atoms with E-state index < -0.39 is 6.10 Å². The van der Waals surface area contributed by atoms with E-state index in [9.17, 15) is 4.79 Å². The maximum atomic E-state index is 11.7. The summed E-state index contributed by atoms with van der Waals surface area (Å²) in [6.07, 6.45) is -0.555. The summed E-state index contributed by atoms with van der Waals surface area (Å²) in [5.41, 5.74) is 2.25. The molecule has 1 amide bonds. The van der Waals surface area contributed by atoms with Gasteiger partial charge in [-0.25, -0.2) is 0 Å². The lowest BCUT2D eigenvalue weighted by molar-refractivity contribution is -0.127. The highest BCUT2D eigenvalue weighted by atomic mass is 35.5. The summed E-state index contributed by atoms with van der Waals surface area (Å²) in [4.78, 5) is 18.0. The van der Waals surface area contributed by atoms with Gasteiger partial charge in [0.05, 0.1) is 0 Å². The number of hydrogen-bond acceptors (Lipinski definition) is 5. The van der Waals surface area contributed by atoms with Crippen LogP contribution in [0.3, 0.4) is 0 Å². The first-order chi connectivity index (χ1) is 12.5. The lowest BCUT2D eigenvalue weighted by Gasteiger charge is -2.17. The number of hydrogen-bond donors (Lipinski definition) is 1. The highest BCUT2D eigenvalue weighted by Crippen LogP contribution is 2.29. The van der Waals surface area contributed by atoms with E-state index in [0.29, 0.717) is 34.4 Å². The first-order valence-corrected chi connectivity index (χ1v) is 8.70. The van der Waals surface area contributed by atoms with Crippen LogP contribution in [0.1, 0.15) is 13.8 Å². The normalized spacial score (nSPS) is 12.0. The third kappa shape index (κ3) is 3.91. The third-order valence-electron chi connectivity index (χ3n) is 3.88. The average Bonchev–Trinajstić information content (AvgIpc) is 3.05.